The molecule has 0 saturated carbocycles. The lowest BCUT2D eigenvalue weighted by molar-refractivity contribution is -0.384. The van der Waals surface area contributed by atoms with Gasteiger partial charge >= 0.3 is 0 Å². The molecule has 15 heavy (non-hydrogen) atoms. The summed E-state index contributed by atoms with van der Waals surface area (Å²) >= 11 is 0. The minimum absolute atomic E-state index is 0.169. The number of nitrogens with zero attached hydrogens (tertiary/aromatic N) is 1. The molecule has 5 heteroatoms. The SMILES string of the molecule is CN[C@@H]1CNc2c(cccc2[N+](=O)[O-])C1. The van der Waals surface area contributed by atoms with Crippen molar-refractivity contribution in [3.63, 3.8) is 0 Å². The van der Waals surface area contributed by atoms with Crippen LogP contribution in [0.4, 0.5) is 11.4 Å². The highest BCUT2D eigenvalue weighted by Gasteiger charge is 2.23. The standard InChI is InChI=1S/C10H13N3O2/c1-11-8-5-7-3-2-4-9(13(14)15)10(7)12-6-8/h2-4,8,11-12H,5-6H2,1H3/t8-/m0/s1. The van der Waals surface area contributed by atoms with Crippen molar-refractivity contribution in [2.45, 2.75) is 12.5 Å². The number of nitro benzene ring substituents is 1. The zero-order valence-electron chi connectivity index (χ0n) is 8.49. The van der Waals surface area contributed by atoms with Gasteiger partial charge in [0.05, 0.1) is 4.92 Å². The predicted molar refractivity (Wildman–Crippen MR) is 58.1 cm³/mol. The highest BCUT2D eigenvalue weighted by Crippen LogP contribution is 2.31. The Morgan fingerprint density at radius 3 is 3.07 bits per heavy atom. The molecule has 0 radical (unpaired) electrons. The molecule has 1 aliphatic rings. The second kappa shape index (κ2) is 3.86. The molecular formula is C10H13N3O2. The Kier molecular flexibility index (Phi) is 2.55. The molecule has 2 N–H and O–H groups in total. The van der Waals surface area contributed by atoms with E-state index >= 15 is 0 Å². The summed E-state index contributed by atoms with van der Waals surface area (Å²) in [4.78, 5) is 10.4. The Morgan fingerprint density at radius 1 is 1.60 bits per heavy atom. The molecule has 1 heterocycles. The Balaban J connectivity index is 2.37. The van der Waals surface area contributed by atoms with Gasteiger partial charge in [-0.05, 0) is 19.0 Å². The summed E-state index contributed by atoms with van der Waals surface area (Å²) in [6, 6.07) is 5.54. The number of hydrogen-bond donors (Lipinski definition) is 2. The van der Waals surface area contributed by atoms with Crippen LogP contribution < -0.4 is 10.6 Å². The Morgan fingerprint density at radius 2 is 2.40 bits per heavy atom. The van der Waals surface area contributed by atoms with E-state index in [0.29, 0.717) is 11.7 Å². The molecule has 0 unspecified atom stereocenters. The number of fused-ring (bicyclic) bond motifs is 1. The fourth-order valence-corrected chi connectivity index (χ4v) is 1.88. The van der Waals surface area contributed by atoms with Crippen molar-refractivity contribution in [3.05, 3.63) is 33.9 Å². The van der Waals surface area contributed by atoms with Gasteiger partial charge in [0.15, 0.2) is 0 Å². The van der Waals surface area contributed by atoms with Gasteiger partial charge in [0.25, 0.3) is 5.69 Å². The zero-order chi connectivity index (χ0) is 10.8. The fraction of sp³-hybridized carbons (Fsp3) is 0.400. The van der Waals surface area contributed by atoms with Crippen molar-refractivity contribution >= 4 is 11.4 Å². The van der Waals surface area contributed by atoms with Gasteiger partial charge in [-0.25, -0.2) is 0 Å². The van der Waals surface area contributed by atoms with E-state index in [9.17, 15) is 10.1 Å². The second-order valence-corrected chi connectivity index (χ2v) is 3.64. The first-order chi connectivity index (χ1) is 7.22. The lowest BCUT2D eigenvalue weighted by Gasteiger charge is -2.25. The van der Waals surface area contributed by atoms with Crippen LogP contribution in [-0.4, -0.2) is 24.6 Å². The fourth-order valence-electron chi connectivity index (χ4n) is 1.88. The summed E-state index contributed by atoms with van der Waals surface area (Å²) in [6.45, 7) is 0.731. The van der Waals surface area contributed by atoms with Crippen LogP contribution in [0.1, 0.15) is 5.56 Å². The van der Waals surface area contributed by atoms with E-state index in [0.717, 1.165) is 18.5 Å². The first-order valence-corrected chi connectivity index (χ1v) is 4.90. The number of nitrogens with one attached hydrogen (secondary N) is 2. The summed E-state index contributed by atoms with van der Waals surface area (Å²) < 4.78 is 0. The molecule has 1 atom stereocenters. The van der Waals surface area contributed by atoms with Crippen molar-refractivity contribution in [3.8, 4) is 0 Å². The molecule has 1 aromatic rings. The molecule has 1 aliphatic heterocycles. The maximum atomic E-state index is 10.8. The summed E-state index contributed by atoms with van der Waals surface area (Å²) in [6.07, 6.45) is 0.834. The summed E-state index contributed by atoms with van der Waals surface area (Å²) in [5, 5.41) is 17.0. The molecule has 0 spiro atoms. The number of benzene rings is 1. The molecule has 2 rings (SSSR count). The first-order valence-electron chi connectivity index (χ1n) is 4.90. The van der Waals surface area contributed by atoms with E-state index in [2.05, 4.69) is 10.6 Å². The van der Waals surface area contributed by atoms with Gasteiger partial charge in [-0.1, -0.05) is 12.1 Å². The lowest BCUT2D eigenvalue weighted by Crippen LogP contribution is -2.38. The maximum absolute atomic E-state index is 10.8. The van der Waals surface area contributed by atoms with Crippen LogP contribution in [0, 0.1) is 10.1 Å². The number of rotatable bonds is 2. The van der Waals surface area contributed by atoms with Crippen molar-refractivity contribution < 1.29 is 4.92 Å². The number of anilines is 1. The van der Waals surface area contributed by atoms with Crippen LogP contribution in [0.3, 0.4) is 0 Å². The van der Waals surface area contributed by atoms with Crippen LogP contribution in [0.15, 0.2) is 18.2 Å². The number of likely N-dealkylation sites (N-methyl/N-ethyl adjacent to an activating group) is 1. The smallest absolute Gasteiger partial charge is 0.292 e. The largest absolute Gasteiger partial charge is 0.378 e. The lowest BCUT2D eigenvalue weighted by atomic mass is 9.99. The highest BCUT2D eigenvalue weighted by molar-refractivity contribution is 5.67. The molecule has 5 nitrogen and oxygen atoms in total. The average Bonchev–Trinajstić information content (AvgIpc) is 2.27. The van der Waals surface area contributed by atoms with Gasteiger partial charge in [-0.2, -0.15) is 0 Å². The first kappa shape index (κ1) is 9.92. The summed E-state index contributed by atoms with van der Waals surface area (Å²) in [5.41, 5.74) is 1.85. The maximum Gasteiger partial charge on any atom is 0.292 e. The van der Waals surface area contributed by atoms with Gasteiger partial charge < -0.3 is 10.6 Å². The Labute approximate surface area is 87.6 Å². The quantitative estimate of drug-likeness (QED) is 0.564. The molecule has 0 aliphatic carbocycles. The second-order valence-electron chi connectivity index (χ2n) is 3.64. The number of nitro groups is 1. The minimum atomic E-state index is -0.342. The van der Waals surface area contributed by atoms with E-state index in [4.69, 9.17) is 0 Å². The zero-order valence-corrected chi connectivity index (χ0v) is 8.49. The van der Waals surface area contributed by atoms with Gasteiger partial charge in [0.1, 0.15) is 5.69 Å². The molecule has 0 fully saturated rings. The van der Waals surface area contributed by atoms with Crippen LogP contribution >= 0.6 is 0 Å². The van der Waals surface area contributed by atoms with E-state index < -0.39 is 0 Å². The summed E-state index contributed by atoms with van der Waals surface area (Å²) in [5.74, 6) is 0. The topological polar surface area (TPSA) is 67.2 Å². The third-order valence-corrected chi connectivity index (χ3v) is 2.73. The normalized spacial score (nSPS) is 19.1. The van der Waals surface area contributed by atoms with Crippen molar-refractivity contribution in [1.82, 2.24) is 5.32 Å². The van der Waals surface area contributed by atoms with Crippen LogP contribution in [0.25, 0.3) is 0 Å². The van der Waals surface area contributed by atoms with Gasteiger partial charge in [0, 0.05) is 18.7 Å². The Hall–Kier alpha value is -1.62. The molecule has 80 valence electrons. The highest BCUT2D eigenvalue weighted by atomic mass is 16.6. The number of para-hydroxylation sites is 1. The molecule has 0 aromatic heterocycles. The average molecular weight is 207 g/mol. The van der Waals surface area contributed by atoms with Crippen LogP contribution in [0.2, 0.25) is 0 Å². The van der Waals surface area contributed by atoms with Gasteiger partial charge in [-0.15, -0.1) is 0 Å². The molecule has 0 bridgehead atoms. The van der Waals surface area contributed by atoms with E-state index in [1.165, 1.54) is 6.07 Å². The van der Waals surface area contributed by atoms with Crippen molar-refractivity contribution in [2.75, 3.05) is 18.9 Å². The van der Waals surface area contributed by atoms with Crippen LogP contribution in [0.5, 0.6) is 0 Å². The third-order valence-electron chi connectivity index (χ3n) is 2.73. The van der Waals surface area contributed by atoms with E-state index in [1.54, 1.807) is 6.07 Å². The molecular weight excluding hydrogens is 194 g/mol. The number of hydrogen-bond acceptors (Lipinski definition) is 4. The third kappa shape index (κ3) is 1.78. The molecule has 0 amide bonds. The Bertz CT molecular complexity index is 392. The van der Waals surface area contributed by atoms with Crippen molar-refractivity contribution in [2.24, 2.45) is 0 Å². The predicted octanol–water partition coefficient (Wildman–Crippen LogP) is 1.15. The van der Waals surface area contributed by atoms with E-state index in [-0.39, 0.29) is 10.6 Å². The molecule has 0 saturated heterocycles. The molecule has 1 aromatic carbocycles. The van der Waals surface area contributed by atoms with Gasteiger partial charge in [0.2, 0.25) is 0 Å². The monoisotopic (exact) mass is 207 g/mol. The van der Waals surface area contributed by atoms with E-state index in [1.807, 2.05) is 13.1 Å². The van der Waals surface area contributed by atoms with Crippen molar-refractivity contribution in [1.29, 1.82) is 0 Å². The van der Waals surface area contributed by atoms with Gasteiger partial charge in [-0.3, -0.25) is 10.1 Å². The minimum Gasteiger partial charge on any atom is -0.378 e. The van der Waals surface area contributed by atoms with Crippen LogP contribution in [-0.2, 0) is 6.42 Å². The summed E-state index contributed by atoms with van der Waals surface area (Å²) in [7, 11) is 1.90.